The normalized spacial score (nSPS) is 20.0. The maximum atomic E-state index is 11.6. The van der Waals surface area contributed by atoms with Gasteiger partial charge in [0, 0.05) is 11.6 Å². The fourth-order valence-electron chi connectivity index (χ4n) is 3.56. The number of hydrogen-bond donors (Lipinski definition) is 1. The molecule has 21 heavy (non-hydrogen) atoms. The van der Waals surface area contributed by atoms with Crippen LogP contribution in [-0.4, -0.2) is 10.6 Å². The number of nitrogens with one attached hydrogen (secondary N) is 1. The van der Waals surface area contributed by atoms with Gasteiger partial charge in [-0.25, -0.2) is 0 Å². The lowest BCUT2D eigenvalue weighted by molar-refractivity contribution is 0.100. The van der Waals surface area contributed by atoms with E-state index in [1.807, 2.05) is 18.2 Å². The molecule has 4 rings (SSSR count). The molecule has 2 aliphatic rings. The number of H-pyrrole nitrogens is 1. The van der Waals surface area contributed by atoms with Crippen molar-refractivity contribution in [1.82, 2.24) is 4.98 Å². The van der Waals surface area contributed by atoms with Crippen LogP contribution in [-0.2, 0) is 0 Å². The molecule has 1 aliphatic heterocycles. The first-order valence-corrected chi connectivity index (χ1v) is 7.80. The summed E-state index contributed by atoms with van der Waals surface area (Å²) in [5, 5.41) is 1.04. The van der Waals surface area contributed by atoms with Crippen LogP contribution in [0, 0.1) is 0 Å². The van der Waals surface area contributed by atoms with Gasteiger partial charge in [0.15, 0.2) is 0 Å². The molecule has 1 aromatic heterocycles. The minimum Gasteiger partial charge on any atom is -0.482 e. The van der Waals surface area contributed by atoms with Crippen molar-refractivity contribution >= 4 is 17.0 Å². The molecule has 0 radical (unpaired) electrons. The van der Waals surface area contributed by atoms with Gasteiger partial charge < -0.3 is 9.72 Å². The summed E-state index contributed by atoms with van der Waals surface area (Å²) in [5.74, 6) is 0.897. The third-order valence-electron chi connectivity index (χ3n) is 4.72. The van der Waals surface area contributed by atoms with Crippen molar-refractivity contribution in [3.8, 4) is 5.75 Å². The van der Waals surface area contributed by atoms with Crippen molar-refractivity contribution in [2.45, 2.75) is 44.1 Å². The van der Waals surface area contributed by atoms with E-state index in [9.17, 15) is 4.79 Å². The van der Waals surface area contributed by atoms with Crippen molar-refractivity contribution in [2.24, 2.45) is 0 Å². The van der Waals surface area contributed by atoms with Crippen LogP contribution in [0.25, 0.3) is 17.0 Å². The topological polar surface area (TPSA) is 42.1 Å². The molecule has 108 valence electrons. The van der Waals surface area contributed by atoms with E-state index >= 15 is 0 Å². The van der Waals surface area contributed by atoms with E-state index in [2.05, 4.69) is 17.1 Å². The Morgan fingerprint density at radius 3 is 2.57 bits per heavy atom. The summed E-state index contributed by atoms with van der Waals surface area (Å²) in [6.07, 6.45) is 11.6. The van der Waals surface area contributed by atoms with Gasteiger partial charge in [0.2, 0.25) is 5.56 Å². The summed E-state index contributed by atoms with van der Waals surface area (Å²) in [6, 6.07) is 7.48. The molecule has 0 saturated heterocycles. The highest BCUT2D eigenvalue weighted by Crippen LogP contribution is 2.40. The van der Waals surface area contributed by atoms with Crippen molar-refractivity contribution < 1.29 is 4.74 Å². The first kappa shape index (κ1) is 12.7. The molecule has 1 fully saturated rings. The molecule has 1 aromatic carbocycles. The Morgan fingerprint density at radius 1 is 1.00 bits per heavy atom. The van der Waals surface area contributed by atoms with Gasteiger partial charge in [-0.3, -0.25) is 4.79 Å². The lowest BCUT2D eigenvalue weighted by Crippen LogP contribution is -2.35. The molecule has 0 bridgehead atoms. The van der Waals surface area contributed by atoms with Crippen LogP contribution in [0.3, 0.4) is 0 Å². The monoisotopic (exact) mass is 281 g/mol. The zero-order valence-corrected chi connectivity index (χ0v) is 12.0. The largest absolute Gasteiger partial charge is 0.482 e. The molecule has 1 aliphatic carbocycles. The van der Waals surface area contributed by atoms with Gasteiger partial charge in [-0.15, -0.1) is 0 Å². The molecule has 0 unspecified atom stereocenters. The maximum Gasteiger partial charge on any atom is 0.248 e. The van der Waals surface area contributed by atoms with Crippen LogP contribution in [0.1, 0.15) is 44.1 Å². The number of fused-ring (bicyclic) bond motifs is 3. The maximum absolute atomic E-state index is 11.6. The Morgan fingerprint density at radius 2 is 1.76 bits per heavy atom. The number of rotatable bonds is 0. The molecule has 2 aromatic rings. The number of hydrogen-bond acceptors (Lipinski definition) is 2. The first-order chi connectivity index (χ1) is 10.3. The van der Waals surface area contributed by atoms with Gasteiger partial charge in [0.05, 0.1) is 5.52 Å². The van der Waals surface area contributed by atoms with Crippen LogP contribution in [0.15, 0.2) is 35.1 Å². The first-order valence-electron chi connectivity index (χ1n) is 7.80. The van der Waals surface area contributed by atoms with Crippen molar-refractivity contribution in [1.29, 1.82) is 0 Å². The second-order valence-electron chi connectivity index (χ2n) is 6.18. The molecule has 0 atom stereocenters. The van der Waals surface area contributed by atoms with Gasteiger partial charge in [-0.1, -0.05) is 12.8 Å². The molecule has 3 heteroatoms. The minimum atomic E-state index is -0.133. The van der Waals surface area contributed by atoms with Crippen LogP contribution >= 0.6 is 0 Å². The molecule has 2 heterocycles. The zero-order chi connectivity index (χ0) is 14.3. The average Bonchev–Trinajstić information content (AvgIpc) is 2.72. The summed E-state index contributed by atoms with van der Waals surface area (Å²) in [5.41, 5.74) is 1.67. The van der Waals surface area contributed by atoms with E-state index in [-0.39, 0.29) is 11.2 Å². The molecular formula is C18H19NO2. The van der Waals surface area contributed by atoms with Crippen molar-refractivity contribution in [3.63, 3.8) is 0 Å². The van der Waals surface area contributed by atoms with E-state index in [0.29, 0.717) is 0 Å². The second-order valence-corrected chi connectivity index (χ2v) is 6.18. The number of pyridine rings is 1. The lowest BCUT2D eigenvalue weighted by Gasteiger charge is -2.34. The standard InChI is InChI=1S/C18H19NO2/c20-16-8-6-13-5-7-15-14(17(13)19-16)9-12-18(21-15)10-3-1-2-4-11-18/h5-9,12H,1-4,10-11H2,(H,19,20). The Hall–Kier alpha value is -2.03. The highest BCUT2D eigenvalue weighted by atomic mass is 16.5. The predicted molar refractivity (Wildman–Crippen MR) is 84.7 cm³/mol. The lowest BCUT2D eigenvalue weighted by atomic mass is 9.90. The van der Waals surface area contributed by atoms with Gasteiger partial charge in [0.25, 0.3) is 0 Å². The van der Waals surface area contributed by atoms with Crippen molar-refractivity contribution in [3.05, 3.63) is 46.3 Å². The minimum absolute atomic E-state index is 0.0703. The van der Waals surface area contributed by atoms with Crippen molar-refractivity contribution in [2.75, 3.05) is 0 Å². The highest BCUT2D eigenvalue weighted by Gasteiger charge is 2.33. The predicted octanol–water partition coefficient (Wildman–Crippen LogP) is 4.03. The van der Waals surface area contributed by atoms with E-state index < -0.39 is 0 Å². The van der Waals surface area contributed by atoms with E-state index in [1.54, 1.807) is 6.07 Å². The Labute approximate surface area is 123 Å². The van der Waals surface area contributed by atoms with Crippen LogP contribution in [0.2, 0.25) is 0 Å². The Balaban J connectivity index is 1.82. The second kappa shape index (κ2) is 4.76. The zero-order valence-electron chi connectivity index (χ0n) is 12.0. The fraction of sp³-hybridized carbons (Fsp3) is 0.389. The molecule has 1 spiro atoms. The van der Waals surface area contributed by atoms with Crippen LogP contribution < -0.4 is 10.3 Å². The van der Waals surface area contributed by atoms with E-state index in [0.717, 1.165) is 35.1 Å². The number of benzene rings is 1. The third kappa shape index (κ3) is 2.17. The fourth-order valence-corrected chi connectivity index (χ4v) is 3.56. The van der Waals surface area contributed by atoms with E-state index in [1.165, 1.54) is 25.7 Å². The summed E-state index contributed by atoms with van der Waals surface area (Å²) < 4.78 is 6.38. The van der Waals surface area contributed by atoms with Crippen LogP contribution in [0.5, 0.6) is 5.75 Å². The average molecular weight is 281 g/mol. The molecule has 0 amide bonds. The SMILES string of the molecule is O=c1ccc2ccc3c(c2[nH]1)C=CC1(CCCCCC1)O3. The molecule has 1 saturated carbocycles. The van der Waals surface area contributed by atoms with Gasteiger partial charge in [-0.2, -0.15) is 0 Å². The quantitative estimate of drug-likeness (QED) is 0.792. The summed E-state index contributed by atoms with van der Waals surface area (Å²) in [7, 11) is 0. The summed E-state index contributed by atoms with van der Waals surface area (Å²) in [6.45, 7) is 0. The van der Waals surface area contributed by atoms with E-state index in [4.69, 9.17) is 4.74 Å². The Bertz CT molecular complexity index is 764. The highest BCUT2D eigenvalue weighted by molar-refractivity contribution is 5.90. The Kier molecular flexibility index (Phi) is 2.88. The summed E-state index contributed by atoms with van der Waals surface area (Å²) >= 11 is 0. The van der Waals surface area contributed by atoms with Crippen LogP contribution in [0.4, 0.5) is 0 Å². The summed E-state index contributed by atoms with van der Waals surface area (Å²) in [4.78, 5) is 14.5. The molecule has 3 nitrogen and oxygen atoms in total. The van der Waals surface area contributed by atoms with Gasteiger partial charge in [0.1, 0.15) is 11.4 Å². The van der Waals surface area contributed by atoms with Gasteiger partial charge >= 0.3 is 0 Å². The number of ether oxygens (including phenoxy) is 1. The molecular weight excluding hydrogens is 262 g/mol. The number of aromatic nitrogens is 1. The third-order valence-corrected chi connectivity index (χ3v) is 4.72. The smallest absolute Gasteiger partial charge is 0.248 e. The number of aromatic amines is 1. The molecule has 1 N–H and O–H groups in total. The van der Waals surface area contributed by atoms with Gasteiger partial charge in [-0.05, 0) is 61.4 Å².